The van der Waals surface area contributed by atoms with Gasteiger partial charge in [0.25, 0.3) is 0 Å². The summed E-state index contributed by atoms with van der Waals surface area (Å²) in [6, 6.07) is 14.2. The third kappa shape index (κ3) is 2.47. The molecule has 1 N–H and O–H groups in total. The fourth-order valence-corrected chi connectivity index (χ4v) is 3.12. The molecule has 4 rings (SSSR count). The zero-order valence-corrected chi connectivity index (χ0v) is 13.1. The number of anilines is 1. The maximum Gasteiger partial charge on any atom is 0.243 e. The quantitative estimate of drug-likeness (QED) is 0.802. The van der Waals surface area contributed by atoms with Gasteiger partial charge in [0.15, 0.2) is 0 Å². The summed E-state index contributed by atoms with van der Waals surface area (Å²) in [5, 5.41) is 15.1. The van der Waals surface area contributed by atoms with Crippen molar-refractivity contribution in [1.29, 1.82) is 0 Å². The first kappa shape index (κ1) is 14.6. The molecular formula is C17H16FN5O. The largest absolute Gasteiger partial charge is 0.497 e. The van der Waals surface area contributed by atoms with Crippen molar-refractivity contribution in [2.75, 3.05) is 12.4 Å². The number of nitrogens with one attached hydrogen (secondary N) is 1. The molecule has 0 saturated heterocycles. The molecule has 6 nitrogen and oxygen atoms in total. The third-order valence-electron chi connectivity index (χ3n) is 4.31. The van der Waals surface area contributed by atoms with Gasteiger partial charge in [0.05, 0.1) is 19.2 Å². The van der Waals surface area contributed by atoms with Gasteiger partial charge in [-0.3, -0.25) is 0 Å². The predicted octanol–water partition coefficient (Wildman–Crippen LogP) is 2.97. The SMILES string of the molecule is COc1cccc([C@@H]2C[C@@H](c3ccccc3F)n3nnnc3N2)c1. The molecule has 1 aliphatic heterocycles. The average Bonchev–Trinajstić information content (AvgIpc) is 3.10. The van der Waals surface area contributed by atoms with E-state index in [-0.39, 0.29) is 17.9 Å². The molecule has 1 aliphatic rings. The minimum Gasteiger partial charge on any atom is -0.497 e. The van der Waals surface area contributed by atoms with E-state index in [4.69, 9.17) is 4.74 Å². The van der Waals surface area contributed by atoms with E-state index < -0.39 is 0 Å². The monoisotopic (exact) mass is 325 g/mol. The third-order valence-corrected chi connectivity index (χ3v) is 4.31. The summed E-state index contributed by atoms with van der Waals surface area (Å²) in [6.45, 7) is 0. The van der Waals surface area contributed by atoms with Crippen molar-refractivity contribution in [1.82, 2.24) is 20.2 Å². The Labute approximate surface area is 138 Å². The van der Waals surface area contributed by atoms with Crippen molar-refractivity contribution in [3.05, 3.63) is 65.5 Å². The van der Waals surface area contributed by atoms with Crippen molar-refractivity contribution in [3.63, 3.8) is 0 Å². The lowest BCUT2D eigenvalue weighted by atomic mass is 9.93. The Hall–Kier alpha value is -2.96. The number of halogens is 1. The highest BCUT2D eigenvalue weighted by molar-refractivity contribution is 5.40. The summed E-state index contributed by atoms with van der Waals surface area (Å²) in [7, 11) is 1.64. The zero-order chi connectivity index (χ0) is 16.5. The van der Waals surface area contributed by atoms with Gasteiger partial charge in [0, 0.05) is 5.56 Å². The van der Waals surface area contributed by atoms with Gasteiger partial charge >= 0.3 is 0 Å². The van der Waals surface area contributed by atoms with E-state index in [9.17, 15) is 4.39 Å². The van der Waals surface area contributed by atoms with E-state index in [2.05, 4.69) is 20.8 Å². The van der Waals surface area contributed by atoms with Gasteiger partial charge in [-0.25, -0.2) is 9.07 Å². The van der Waals surface area contributed by atoms with Crippen LogP contribution in [0, 0.1) is 5.82 Å². The second kappa shape index (κ2) is 5.92. The Balaban J connectivity index is 1.75. The van der Waals surface area contributed by atoms with Crippen LogP contribution in [-0.4, -0.2) is 27.3 Å². The molecule has 24 heavy (non-hydrogen) atoms. The highest BCUT2D eigenvalue weighted by Gasteiger charge is 2.32. The van der Waals surface area contributed by atoms with Crippen LogP contribution in [0.4, 0.5) is 10.3 Å². The first-order valence-corrected chi connectivity index (χ1v) is 7.69. The fraction of sp³-hybridized carbons (Fsp3) is 0.235. The number of tetrazole rings is 1. The van der Waals surface area contributed by atoms with Crippen LogP contribution in [0.15, 0.2) is 48.5 Å². The van der Waals surface area contributed by atoms with E-state index >= 15 is 0 Å². The molecule has 0 saturated carbocycles. The molecule has 3 aromatic rings. The molecule has 0 spiro atoms. The lowest BCUT2D eigenvalue weighted by Crippen LogP contribution is -2.28. The Morgan fingerprint density at radius 2 is 2.08 bits per heavy atom. The standard InChI is InChI=1S/C17H16FN5O/c1-24-12-6-4-5-11(9-12)15-10-16(13-7-2-3-8-14(13)18)23-17(19-15)20-21-22-23/h2-9,15-16H,10H2,1H3,(H,19,20,22)/t15-,16-/m0/s1. The van der Waals surface area contributed by atoms with Gasteiger partial charge < -0.3 is 10.1 Å². The second-order valence-corrected chi connectivity index (χ2v) is 5.69. The lowest BCUT2D eigenvalue weighted by molar-refractivity contribution is 0.403. The molecule has 7 heteroatoms. The van der Waals surface area contributed by atoms with Crippen molar-refractivity contribution >= 4 is 5.95 Å². The number of fused-ring (bicyclic) bond motifs is 1. The number of methoxy groups -OCH3 is 1. The van der Waals surface area contributed by atoms with Gasteiger partial charge in [0.1, 0.15) is 11.6 Å². The highest BCUT2D eigenvalue weighted by Crippen LogP contribution is 2.38. The lowest BCUT2D eigenvalue weighted by Gasteiger charge is -2.31. The first-order chi connectivity index (χ1) is 11.8. The molecule has 122 valence electrons. The molecule has 2 atom stereocenters. The summed E-state index contributed by atoms with van der Waals surface area (Å²) >= 11 is 0. The predicted molar refractivity (Wildman–Crippen MR) is 86.3 cm³/mol. The van der Waals surface area contributed by atoms with Crippen LogP contribution in [0.25, 0.3) is 0 Å². The van der Waals surface area contributed by atoms with Crippen LogP contribution in [0.2, 0.25) is 0 Å². The summed E-state index contributed by atoms with van der Waals surface area (Å²) in [6.07, 6.45) is 0.631. The number of rotatable bonds is 3. The van der Waals surface area contributed by atoms with Gasteiger partial charge in [-0.2, -0.15) is 0 Å². The van der Waals surface area contributed by atoms with Gasteiger partial charge in [0.2, 0.25) is 5.95 Å². The minimum absolute atomic E-state index is 0.0387. The number of ether oxygens (including phenoxy) is 1. The molecule has 0 fully saturated rings. The van der Waals surface area contributed by atoms with E-state index in [1.807, 2.05) is 30.3 Å². The van der Waals surface area contributed by atoms with Crippen LogP contribution >= 0.6 is 0 Å². The second-order valence-electron chi connectivity index (χ2n) is 5.69. The Kier molecular flexibility index (Phi) is 3.60. The molecule has 2 aromatic carbocycles. The number of hydrogen-bond donors (Lipinski definition) is 1. The molecule has 0 amide bonds. The van der Waals surface area contributed by atoms with Gasteiger partial charge in [-0.05, 0) is 40.6 Å². The van der Waals surface area contributed by atoms with Gasteiger partial charge in [-0.15, -0.1) is 0 Å². The minimum atomic E-state index is -0.270. The first-order valence-electron chi connectivity index (χ1n) is 7.69. The zero-order valence-electron chi connectivity index (χ0n) is 13.1. The Morgan fingerprint density at radius 3 is 2.92 bits per heavy atom. The summed E-state index contributed by atoms with van der Waals surface area (Å²) in [5.41, 5.74) is 1.63. The summed E-state index contributed by atoms with van der Waals surface area (Å²) in [5.74, 6) is 1.06. The number of benzene rings is 2. The van der Waals surface area contributed by atoms with Crippen molar-refractivity contribution < 1.29 is 9.13 Å². The van der Waals surface area contributed by atoms with E-state index in [1.165, 1.54) is 6.07 Å². The van der Waals surface area contributed by atoms with Crippen LogP contribution in [0.5, 0.6) is 5.75 Å². The molecule has 0 bridgehead atoms. The molecule has 0 radical (unpaired) electrons. The van der Waals surface area contributed by atoms with Crippen LogP contribution in [0.3, 0.4) is 0 Å². The maximum absolute atomic E-state index is 14.3. The normalized spacial score (nSPS) is 19.4. The van der Waals surface area contributed by atoms with Crippen molar-refractivity contribution in [2.24, 2.45) is 0 Å². The van der Waals surface area contributed by atoms with E-state index in [1.54, 1.807) is 23.9 Å². The van der Waals surface area contributed by atoms with Gasteiger partial charge in [-0.1, -0.05) is 35.4 Å². The van der Waals surface area contributed by atoms with Crippen LogP contribution in [-0.2, 0) is 0 Å². The average molecular weight is 325 g/mol. The van der Waals surface area contributed by atoms with Crippen molar-refractivity contribution in [2.45, 2.75) is 18.5 Å². The number of hydrogen-bond acceptors (Lipinski definition) is 5. The molecule has 1 aromatic heterocycles. The van der Waals surface area contributed by atoms with Crippen LogP contribution < -0.4 is 10.1 Å². The Bertz CT molecular complexity index is 865. The molecule has 0 aliphatic carbocycles. The van der Waals surface area contributed by atoms with Crippen LogP contribution in [0.1, 0.15) is 29.6 Å². The topological polar surface area (TPSA) is 64.9 Å². The summed E-state index contributed by atoms with van der Waals surface area (Å²) in [4.78, 5) is 0. The maximum atomic E-state index is 14.3. The Morgan fingerprint density at radius 1 is 1.21 bits per heavy atom. The molecule has 2 heterocycles. The smallest absolute Gasteiger partial charge is 0.243 e. The van der Waals surface area contributed by atoms with E-state index in [0.29, 0.717) is 17.9 Å². The summed E-state index contributed by atoms with van der Waals surface area (Å²) < 4.78 is 21.2. The fourth-order valence-electron chi connectivity index (χ4n) is 3.12. The van der Waals surface area contributed by atoms with Crippen molar-refractivity contribution in [3.8, 4) is 5.75 Å². The molecular weight excluding hydrogens is 309 g/mol. The molecule has 0 unspecified atom stereocenters. The highest BCUT2D eigenvalue weighted by atomic mass is 19.1. The number of aromatic nitrogens is 4. The van der Waals surface area contributed by atoms with E-state index in [0.717, 1.165) is 11.3 Å². The number of nitrogens with zero attached hydrogens (tertiary/aromatic N) is 4.